The van der Waals surface area contributed by atoms with Crippen molar-refractivity contribution in [2.45, 2.75) is 32.7 Å². The van der Waals surface area contributed by atoms with Crippen LogP contribution in [-0.4, -0.2) is 57.2 Å². The lowest BCUT2D eigenvalue weighted by molar-refractivity contribution is -0.122. The minimum Gasteiger partial charge on any atom is -0.383 e. The van der Waals surface area contributed by atoms with Gasteiger partial charge in [-0.05, 0) is 32.4 Å². The Morgan fingerprint density at radius 2 is 2.11 bits per heavy atom. The molecular formula is C13H29N3O2. The van der Waals surface area contributed by atoms with E-state index < -0.39 is 0 Å². The molecule has 0 radical (unpaired) electrons. The molecule has 1 amide bonds. The van der Waals surface area contributed by atoms with Gasteiger partial charge in [0.2, 0.25) is 5.91 Å². The van der Waals surface area contributed by atoms with Crippen LogP contribution in [0.5, 0.6) is 0 Å². The van der Waals surface area contributed by atoms with Gasteiger partial charge in [0.25, 0.3) is 0 Å². The molecule has 0 aliphatic heterocycles. The van der Waals surface area contributed by atoms with Crippen molar-refractivity contribution < 1.29 is 9.53 Å². The topological polar surface area (TPSA) is 67.6 Å². The van der Waals surface area contributed by atoms with Crippen LogP contribution >= 0.6 is 0 Å². The molecule has 1 atom stereocenters. The molecule has 0 saturated carbocycles. The molecule has 5 heteroatoms. The Morgan fingerprint density at radius 3 is 2.61 bits per heavy atom. The largest absolute Gasteiger partial charge is 0.383 e. The molecule has 0 spiro atoms. The van der Waals surface area contributed by atoms with Crippen LogP contribution in [0, 0.1) is 5.92 Å². The van der Waals surface area contributed by atoms with Crippen LogP contribution in [0.4, 0.5) is 0 Å². The van der Waals surface area contributed by atoms with Crippen molar-refractivity contribution in [3.8, 4) is 0 Å². The van der Waals surface area contributed by atoms with Crippen molar-refractivity contribution in [2.24, 2.45) is 11.7 Å². The molecule has 0 aromatic carbocycles. The van der Waals surface area contributed by atoms with Gasteiger partial charge in [0, 0.05) is 19.7 Å². The number of amides is 1. The zero-order chi connectivity index (χ0) is 14.0. The minimum atomic E-state index is 0.0695. The molecule has 3 N–H and O–H groups in total. The number of methoxy groups -OCH3 is 1. The molecule has 18 heavy (non-hydrogen) atoms. The van der Waals surface area contributed by atoms with Gasteiger partial charge in [0.05, 0.1) is 13.2 Å². The Kier molecular flexibility index (Phi) is 9.92. The first kappa shape index (κ1) is 17.4. The van der Waals surface area contributed by atoms with Gasteiger partial charge >= 0.3 is 0 Å². The highest BCUT2D eigenvalue weighted by Crippen LogP contribution is 2.05. The number of hydrogen-bond acceptors (Lipinski definition) is 4. The van der Waals surface area contributed by atoms with E-state index in [0.29, 0.717) is 25.6 Å². The summed E-state index contributed by atoms with van der Waals surface area (Å²) < 4.78 is 5.19. The average Bonchev–Trinajstić information content (AvgIpc) is 2.31. The Bertz CT molecular complexity index is 222. The van der Waals surface area contributed by atoms with E-state index in [1.54, 1.807) is 7.11 Å². The summed E-state index contributed by atoms with van der Waals surface area (Å²) in [4.78, 5) is 13.8. The van der Waals surface area contributed by atoms with E-state index in [-0.39, 0.29) is 11.9 Å². The maximum atomic E-state index is 11.7. The van der Waals surface area contributed by atoms with Gasteiger partial charge in [-0.15, -0.1) is 0 Å². The molecule has 0 fully saturated rings. The van der Waals surface area contributed by atoms with E-state index >= 15 is 0 Å². The Balaban J connectivity index is 4.06. The van der Waals surface area contributed by atoms with Crippen molar-refractivity contribution in [2.75, 3.05) is 40.4 Å². The highest BCUT2D eigenvalue weighted by atomic mass is 16.5. The highest BCUT2D eigenvalue weighted by molar-refractivity contribution is 5.77. The maximum Gasteiger partial charge on any atom is 0.234 e. The van der Waals surface area contributed by atoms with Gasteiger partial charge in [-0.25, -0.2) is 0 Å². The molecule has 0 aromatic rings. The Labute approximate surface area is 111 Å². The lowest BCUT2D eigenvalue weighted by Crippen LogP contribution is -2.43. The number of carbonyl (C=O) groups is 1. The first-order valence-corrected chi connectivity index (χ1v) is 6.67. The number of ether oxygens (including phenoxy) is 1. The van der Waals surface area contributed by atoms with Gasteiger partial charge in [0.1, 0.15) is 0 Å². The second kappa shape index (κ2) is 10.3. The fourth-order valence-electron chi connectivity index (χ4n) is 1.71. The molecular weight excluding hydrogens is 230 g/mol. The number of carbonyl (C=O) groups excluding carboxylic acids is 1. The number of nitrogens with two attached hydrogens (primary N) is 1. The van der Waals surface area contributed by atoms with Crippen LogP contribution in [0.1, 0.15) is 26.7 Å². The van der Waals surface area contributed by atoms with Gasteiger partial charge in [-0.2, -0.15) is 0 Å². The van der Waals surface area contributed by atoms with Crippen LogP contribution in [0.15, 0.2) is 0 Å². The number of hydrogen-bond donors (Lipinski definition) is 2. The van der Waals surface area contributed by atoms with Crippen molar-refractivity contribution in [3.05, 3.63) is 0 Å². The van der Waals surface area contributed by atoms with Crippen LogP contribution < -0.4 is 11.1 Å². The molecule has 1 unspecified atom stereocenters. The summed E-state index contributed by atoms with van der Waals surface area (Å²) in [6.45, 7) is 6.61. The normalized spacial score (nSPS) is 13.1. The predicted octanol–water partition coefficient (Wildman–Crippen LogP) is 0.444. The SMILES string of the molecule is COCC(CCCN)N(C)CC(=O)NCC(C)C. The van der Waals surface area contributed by atoms with Crippen molar-refractivity contribution in [1.29, 1.82) is 0 Å². The fourth-order valence-corrected chi connectivity index (χ4v) is 1.71. The molecule has 5 nitrogen and oxygen atoms in total. The summed E-state index contributed by atoms with van der Waals surface area (Å²) in [7, 11) is 3.64. The second-order valence-electron chi connectivity index (χ2n) is 5.15. The lowest BCUT2D eigenvalue weighted by atomic mass is 10.1. The summed E-state index contributed by atoms with van der Waals surface area (Å²) in [5, 5.41) is 2.92. The van der Waals surface area contributed by atoms with Crippen LogP contribution in [-0.2, 0) is 9.53 Å². The lowest BCUT2D eigenvalue weighted by Gasteiger charge is -2.27. The summed E-state index contributed by atoms with van der Waals surface area (Å²) in [5.41, 5.74) is 5.52. The van der Waals surface area contributed by atoms with Crippen LogP contribution in [0.3, 0.4) is 0 Å². The Morgan fingerprint density at radius 1 is 1.44 bits per heavy atom. The zero-order valence-electron chi connectivity index (χ0n) is 12.2. The standard InChI is InChI=1S/C13H29N3O2/c1-11(2)8-15-13(17)9-16(3)12(10-18-4)6-5-7-14/h11-12H,5-10,14H2,1-4H3,(H,15,17). The van der Waals surface area contributed by atoms with Crippen molar-refractivity contribution in [1.82, 2.24) is 10.2 Å². The van der Waals surface area contributed by atoms with Gasteiger partial charge in [0.15, 0.2) is 0 Å². The Hall–Kier alpha value is -0.650. The van der Waals surface area contributed by atoms with Gasteiger partial charge < -0.3 is 15.8 Å². The molecule has 0 rings (SSSR count). The summed E-state index contributed by atoms with van der Waals surface area (Å²) in [6, 6.07) is 0.253. The number of likely N-dealkylation sites (N-methyl/N-ethyl adjacent to an activating group) is 1. The number of rotatable bonds is 10. The predicted molar refractivity (Wildman–Crippen MR) is 74.4 cm³/mol. The first-order valence-electron chi connectivity index (χ1n) is 6.67. The summed E-state index contributed by atoms with van der Waals surface area (Å²) >= 11 is 0. The smallest absolute Gasteiger partial charge is 0.234 e. The zero-order valence-corrected chi connectivity index (χ0v) is 12.2. The van der Waals surface area contributed by atoms with E-state index in [0.717, 1.165) is 19.4 Å². The van der Waals surface area contributed by atoms with E-state index in [1.165, 1.54) is 0 Å². The third kappa shape index (κ3) is 8.44. The third-order valence-corrected chi connectivity index (χ3v) is 2.82. The van der Waals surface area contributed by atoms with Gasteiger partial charge in [-0.3, -0.25) is 9.69 Å². The molecule has 0 heterocycles. The van der Waals surface area contributed by atoms with E-state index in [4.69, 9.17) is 10.5 Å². The minimum absolute atomic E-state index is 0.0695. The quantitative estimate of drug-likeness (QED) is 0.597. The number of nitrogens with one attached hydrogen (secondary N) is 1. The van der Waals surface area contributed by atoms with E-state index in [1.807, 2.05) is 11.9 Å². The maximum absolute atomic E-state index is 11.7. The van der Waals surface area contributed by atoms with Crippen LogP contribution in [0.25, 0.3) is 0 Å². The van der Waals surface area contributed by atoms with E-state index in [2.05, 4.69) is 19.2 Å². The molecule has 0 bridgehead atoms. The molecule has 0 saturated heterocycles. The average molecular weight is 259 g/mol. The molecule has 0 aromatic heterocycles. The molecule has 0 aliphatic rings. The van der Waals surface area contributed by atoms with Gasteiger partial charge in [-0.1, -0.05) is 13.8 Å². The van der Waals surface area contributed by atoms with Crippen molar-refractivity contribution >= 4 is 5.91 Å². The third-order valence-electron chi connectivity index (χ3n) is 2.82. The second-order valence-corrected chi connectivity index (χ2v) is 5.15. The van der Waals surface area contributed by atoms with Crippen molar-refractivity contribution in [3.63, 3.8) is 0 Å². The van der Waals surface area contributed by atoms with Crippen LogP contribution in [0.2, 0.25) is 0 Å². The first-order chi connectivity index (χ1) is 8.51. The monoisotopic (exact) mass is 259 g/mol. The highest BCUT2D eigenvalue weighted by Gasteiger charge is 2.16. The molecule has 0 aliphatic carbocycles. The fraction of sp³-hybridized carbons (Fsp3) is 0.923. The summed E-state index contributed by atoms with van der Waals surface area (Å²) in [6.07, 6.45) is 1.91. The summed E-state index contributed by atoms with van der Waals surface area (Å²) in [5.74, 6) is 0.548. The number of nitrogens with zero attached hydrogens (tertiary/aromatic N) is 1. The molecule has 108 valence electrons. The van der Waals surface area contributed by atoms with E-state index in [9.17, 15) is 4.79 Å².